The summed E-state index contributed by atoms with van der Waals surface area (Å²) in [6.07, 6.45) is 16.0. The number of rotatable bonds is 1. The van der Waals surface area contributed by atoms with E-state index in [4.69, 9.17) is 0 Å². The van der Waals surface area contributed by atoms with Crippen LogP contribution in [0.4, 0.5) is 0 Å². The fraction of sp³-hybridized carbons (Fsp3) is 0.125. The molecule has 0 spiro atoms. The zero-order valence-electron chi connectivity index (χ0n) is 9.69. The minimum atomic E-state index is 0.912. The van der Waals surface area contributed by atoms with Crippen molar-refractivity contribution in [1.82, 2.24) is 5.32 Å². The molecule has 1 heterocycles. The van der Waals surface area contributed by atoms with Gasteiger partial charge in [0.15, 0.2) is 0 Å². The van der Waals surface area contributed by atoms with Gasteiger partial charge in [0.2, 0.25) is 0 Å². The molecule has 0 amide bonds. The van der Waals surface area contributed by atoms with Crippen molar-refractivity contribution in [3.63, 3.8) is 0 Å². The first-order valence-electron chi connectivity index (χ1n) is 6.00. The lowest BCUT2D eigenvalue weighted by Gasteiger charge is -2.11. The summed E-state index contributed by atoms with van der Waals surface area (Å²) in [6, 6.07) is 6.70. The van der Waals surface area contributed by atoms with Crippen molar-refractivity contribution in [3.05, 3.63) is 64.7 Å². The molecular weight excluding hydrogens is 206 g/mol. The number of benzene rings is 1. The molecule has 0 aromatic heterocycles. The molecule has 1 aliphatic carbocycles. The fourth-order valence-corrected chi connectivity index (χ4v) is 2.21. The Bertz CT molecular complexity index is 630. The minimum absolute atomic E-state index is 0.912. The van der Waals surface area contributed by atoms with Crippen molar-refractivity contribution in [3.8, 4) is 0 Å². The second kappa shape index (κ2) is 4.46. The van der Waals surface area contributed by atoms with Gasteiger partial charge in [0.25, 0.3) is 0 Å². The molecule has 0 atom stereocenters. The summed E-state index contributed by atoms with van der Waals surface area (Å²) in [6.45, 7) is 0.912. The Morgan fingerprint density at radius 3 is 2.88 bits per heavy atom. The standard InChI is InChI=1S/C16H15N/c1-2-5-13-8-9-15(11-14(13)6-3-1)16-7-4-10-17-12-16/h1,3-11,17H,2,12H2. The zero-order valence-corrected chi connectivity index (χ0v) is 9.69. The molecule has 1 heteroatoms. The van der Waals surface area contributed by atoms with Crippen LogP contribution in [0.3, 0.4) is 0 Å². The van der Waals surface area contributed by atoms with E-state index in [-0.39, 0.29) is 0 Å². The van der Waals surface area contributed by atoms with Crippen LogP contribution in [0.1, 0.15) is 12.0 Å². The van der Waals surface area contributed by atoms with Crippen molar-refractivity contribution >= 4 is 17.7 Å². The maximum atomic E-state index is 3.24. The fourth-order valence-electron chi connectivity index (χ4n) is 2.21. The molecule has 0 bridgehead atoms. The number of hydrogen-bond acceptors (Lipinski definition) is 1. The predicted octanol–water partition coefficient (Wildman–Crippen LogP) is 1.71. The SMILES string of the molecule is C1=CCC=c2ccc(C3=CC=CNC3)cc2=C1. The molecule has 17 heavy (non-hydrogen) atoms. The lowest BCUT2D eigenvalue weighted by atomic mass is 10.0. The molecule has 3 rings (SSSR count). The minimum Gasteiger partial charge on any atom is -0.387 e. The second-order valence-electron chi connectivity index (χ2n) is 4.31. The van der Waals surface area contributed by atoms with Gasteiger partial charge in [-0.25, -0.2) is 0 Å². The molecule has 0 fully saturated rings. The van der Waals surface area contributed by atoms with Crippen LogP contribution >= 0.6 is 0 Å². The van der Waals surface area contributed by atoms with Crippen LogP contribution in [-0.2, 0) is 0 Å². The Hall–Kier alpha value is -2.02. The molecule has 1 aromatic rings. The van der Waals surface area contributed by atoms with Gasteiger partial charge in [0, 0.05) is 6.54 Å². The van der Waals surface area contributed by atoms with Gasteiger partial charge in [-0.15, -0.1) is 0 Å². The second-order valence-corrected chi connectivity index (χ2v) is 4.31. The monoisotopic (exact) mass is 221 g/mol. The third kappa shape index (κ3) is 2.09. The van der Waals surface area contributed by atoms with Gasteiger partial charge in [-0.05, 0) is 46.3 Å². The highest BCUT2D eigenvalue weighted by Crippen LogP contribution is 2.12. The molecule has 1 aliphatic heterocycles. The number of fused-ring (bicyclic) bond motifs is 1. The van der Waals surface area contributed by atoms with Gasteiger partial charge in [0.1, 0.15) is 0 Å². The quantitative estimate of drug-likeness (QED) is 0.761. The van der Waals surface area contributed by atoms with Crippen LogP contribution in [-0.4, -0.2) is 6.54 Å². The molecule has 84 valence electrons. The Balaban J connectivity index is 2.12. The van der Waals surface area contributed by atoms with Crippen LogP contribution < -0.4 is 15.8 Å². The Morgan fingerprint density at radius 1 is 1.00 bits per heavy atom. The van der Waals surface area contributed by atoms with E-state index in [1.807, 2.05) is 6.20 Å². The van der Waals surface area contributed by atoms with E-state index in [2.05, 4.69) is 60.0 Å². The zero-order chi connectivity index (χ0) is 11.5. The van der Waals surface area contributed by atoms with Gasteiger partial charge >= 0.3 is 0 Å². The maximum absolute atomic E-state index is 3.24. The molecule has 0 saturated heterocycles. The summed E-state index contributed by atoms with van der Waals surface area (Å²) in [7, 11) is 0. The highest BCUT2D eigenvalue weighted by molar-refractivity contribution is 5.70. The van der Waals surface area contributed by atoms with E-state index < -0.39 is 0 Å². The summed E-state index contributed by atoms with van der Waals surface area (Å²) < 4.78 is 0. The summed E-state index contributed by atoms with van der Waals surface area (Å²) in [5, 5.41) is 5.89. The highest BCUT2D eigenvalue weighted by Gasteiger charge is 2.02. The molecule has 1 aromatic carbocycles. The third-order valence-electron chi connectivity index (χ3n) is 3.15. The number of allylic oxidation sites excluding steroid dienone is 4. The van der Waals surface area contributed by atoms with Crippen molar-refractivity contribution in [2.24, 2.45) is 0 Å². The average Bonchev–Trinajstić information content (AvgIpc) is 2.64. The Morgan fingerprint density at radius 2 is 2.00 bits per heavy atom. The first-order chi connectivity index (χ1) is 8.43. The van der Waals surface area contributed by atoms with Crippen LogP contribution in [0.15, 0.2) is 48.7 Å². The van der Waals surface area contributed by atoms with Gasteiger partial charge in [-0.3, -0.25) is 0 Å². The normalized spacial score (nSPS) is 17.1. The maximum Gasteiger partial charge on any atom is 0.0401 e. The predicted molar refractivity (Wildman–Crippen MR) is 73.5 cm³/mol. The molecule has 1 nitrogen and oxygen atoms in total. The van der Waals surface area contributed by atoms with Crippen LogP contribution in [0.25, 0.3) is 17.7 Å². The Labute approximate surface area is 101 Å². The van der Waals surface area contributed by atoms with Gasteiger partial charge in [-0.1, -0.05) is 42.5 Å². The average molecular weight is 221 g/mol. The summed E-state index contributed by atoms with van der Waals surface area (Å²) >= 11 is 0. The molecule has 2 aliphatic rings. The molecule has 1 N–H and O–H groups in total. The van der Waals surface area contributed by atoms with Crippen molar-refractivity contribution in [1.29, 1.82) is 0 Å². The van der Waals surface area contributed by atoms with Crippen molar-refractivity contribution in [2.75, 3.05) is 6.54 Å². The first-order valence-corrected chi connectivity index (χ1v) is 6.00. The summed E-state index contributed by atoms with van der Waals surface area (Å²) in [5.74, 6) is 0. The lowest BCUT2D eigenvalue weighted by Crippen LogP contribution is -2.24. The van der Waals surface area contributed by atoms with E-state index in [1.54, 1.807) is 0 Å². The molecular formula is C16H15N. The van der Waals surface area contributed by atoms with Gasteiger partial charge < -0.3 is 5.32 Å². The summed E-state index contributed by atoms with van der Waals surface area (Å²) in [5.41, 5.74) is 2.65. The van der Waals surface area contributed by atoms with Gasteiger partial charge in [0.05, 0.1) is 0 Å². The van der Waals surface area contributed by atoms with Crippen LogP contribution in [0, 0.1) is 0 Å². The lowest BCUT2D eigenvalue weighted by molar-refractivity contribution is 0.986. The first kappa shape index (κ1) is 10.2. The topological polar surface area (TPSA) is 12.0 Å². The highest BCUT2D eigenvalue weighted by atomic mass is 14.8. The van der Waals surface area contributed by atoms with E-state index >= 15 is 0 Å². The number of dihydropyridines is 1. The van der Waals surface area contributed by atoms with Crippen LogP contribution in [0.5, 0.6) is 0 Å². The molecule has 0 radical (unpaired) electrons. The van der Waals surface area contributed by atoms with E-state index in [0.717, 1.165) is 13.0 Å². The smallest absolute Gasteiger partial charge is 0.0401 e. The molecule has 0 saturated carbocycles. The van der Waals surface area contributed by atoms with Crippen molar-refractivity contribution in [2.45, 2.75) is 6.42 Å². The van der Waals surface area contributed by atoms with Crippen LogP contribution in [0.2, 0.25) is 0 Å². The van der Waals surface area contributed by atoms with Crippen molar-refractivity contribution < 1.29 is 0 Å². The Kier molecular flexibility index (Phi) is 2.66. The summed E-state index contributed by atoms with van der Waals surface area (Å²) in [4.78, 5) is 0. The third-order valence-corrected chi connectivity index (χ3v) is 3.15. The largest absolute Gasteiger partial charge is 0.387 e. The number of nitrogens with one attached hydrogen (secondary N) is 1. The number of hydrogen-bond donors (Lipinski definition) is 1. The van der Waals surface area contributed by atoms with E-state index in [1.165, 1.54) is 21.6 Å². The molecule has 0 unspecified atom stereocenters. The van der Waals surface area contributed by atoms with Gasteiger partial charge in [-0.2, -0.15) is 0 Å². The van der Waals surface area contributed by atoms with E-state index in [0.29, 0.717) is 0 Å². The van der Waals surface area contributed by atoms with E-state index in [9.17, 15) is 0 Å².